The fraction of sp³-hybridized carbons (Fsp3) is 0.0769. The lowest BCUT2D eigenvalue weighted by atomic mass is 9.99. The van der Waals surface area contributed by atoms with Crippen molar-refractivity contribution in [3.63, 3.8) is 0 Å². The molecule has 2 heterocycles. The summed E-state index contributed by atoms with van der Waals surface area (Å²) >= 11 is 0. The second kappa shape index (κ2) is 7.84. The molecule has 30 heavy (non-hydrogen) atoms. The number of hydrogen-bond donors (Lipinski definition) is 1. The summed E-state index contributed by atoms with van der Waals surface area (Å²) in [7, 11) is 0. The summed E-state index contributed by atoms with van der Waals surface area (Å²) in [4.78, 5) is 8.98. The van der Waals surface area contributed by atoms with Crippen molar-refractivity contribution in [2.75, 3.05) is 5.32 Å². The summed E-state index contributed by atoms with van der Waals surface area (Å²) in [5.41, 5.74) is 6.11. The highest BCUT2D eigenvalue weighted by molar-refractivity contribution is 6.05. The first-order chi connectivity index (χ1) is 14.8. The van der Waals surface area contributed by atoms with Crippen LogP contribution in [-0.4, -0.2) is 9.97 Å². The molecule has 5 aromatic rings. The third kappa shape index (κ3) is 3.44. The molecule has 0 aliphatic heterocycles. The Morgan fingerprint density at radius 3 is 2.27 bits per heavy atom. The number of furan rings is 1. The predicted octanol–water partition coefficient (Wildman–Crippen LogP) is 6.48. The first-order valence-corrected chi connectivity index (χ1v) is 9.97. The standard InChI is InChI=1S/C26H21N3O/c1-18-9-8-10-19(15-18)16-27-25-23-22(20-11-4-2-5-12-20)24(21-13-6-3-7-14-21)30-26(23)29-17-28-25/h2-15,17H,16H2,1H3,(H,27,28,29). The van der Waals surface area contributed by atoms with Gasteiger partial charge in [0.2, 0.25) is 5.71 Å². The van der Waals surface area contributed by atoms with Crippen LogP contribution in [0.15, 0.2) is 95.7 Å². The van der Waals surface area contributed by atoms with Crippen molar-refractivity contribution in [3.05, 3.63) is 102 Å². The van der Waals surface area contributed by atoms with Crippen molar-refractivity contribution < 1.29 is 4.42 Å². The number of fused-ring (bicyclic) bond motifs is 1. The van der Waals surface area contributed by atoms with Crippen LogP contribution in [-0.2, 0) is 6.54 Å². The number of anilines is 1. The van der Waals surface area contributed by atoms with E-state index in [1.807, 2.05) is 36.4 Å². The van der Waals surface area contributed by atoms with Crippen LogP contribution in [0.25, 0.3) is 33.6 Å². The normalized spacial score (nSPS) is 11.0. The largest absolute Gasteiger partial charge is 0.437 e. The number of aryl methyl sites for hydroxylation is 1. The highest BCUT2D eigenvalue weighted by Crippen LogP contribution is 2.42. The van der Waals surface area contributed by atoms with Crippen molar-refractivity contribution >= 4 is 16.9 Å². The van der Waals surface area contributed by atoms with Gasteiger partial charge in [-0.05, 0) is 18.1 Å². The topological polar surface area (TPSA) is 51.0 Å². The average molecular weight is 391 g/mol. The third-order valence-electron chi connectivity index (χ3n) is 5.13. The van der Waals surface area contributed by atoms with Crippen molar-refractivity contribution in [1.82, 2.24) is 9.97 Å². The number of nitrogens with zero attached hydrogens (tertiary/aromatic N) is 2. The molecule has 0 saturated carbocycles. The Bertz CT molecular complexity index is 1290. The third-order valence-corrected chi connectivity index (χ3v) is 5.13. The molecule has 1 N–H and O–H groups in total. The smallest absolute Gasteiger partial charge is 0.232 e. The number of hydrogen-bond acceptors (Lipinski definition) is 4. The molecule has 4 heteroatoms. The van der Waals surface area contributed by atoms with Gasteiger partial charge in [-0.25, -0.2) is 9.97 Å². The van der Waals surface area contributed by atoms with E-state index < -0.39 is 0 Å². The van der Waals surface area contributed by atoms with Crippen molar-refractivity contribution in [2.24, 2.45) is 0 Å². The molecule has 0 amide bonds. The lowest BCUT2D eigenvalue weighted by Gasteiger charge is -2.09. The Hall–Kier alpha value is -3.92. The molecule has 4 nitrogen and oxygen atoms in total. The molecule has 0 fully saturated rings. The van der Waals surface area contributed by atoms with Crippen LogP contribution in [0.4, 0.5) is 5.82 Å². The minimum Gasteiger partial charge on any atom is -0.437 e. The summed E-state index contributed by atoms with van der Waals surface area (Å²) in [6.45, 7) is 2.77. The van der Waals surface area contributed by atoms with E-state index in [0.717, 1.165) is 33.7 Å². The van der Waals surface area contributed by atoms with E-state index in [4.69, 9.17) is 4.42 Å². The second-order valence-corrected chi connectivity index (χ2v) is 7.28. The summed E-state index contributed by atoms with van der Waals surface area (Å²) in [5.74, 6) is 1.57. The van der Waals surface area contributed by atoms with Gasteiger partial charge in [0.25, 0.3) is 0 Å². The van der Waals surface area contributed by atoms with Gasteiger partial charge in [0.15, 0.2) is 0 Å². The first-order valence-electron chi connectivity index (χ1n) is 9.97. The lowest BCUT2D eigenvalue weighted by molar-refractivity contribution is 0.618. The van der Waals surface area contributed by atoms with Crippen molar-refractivity contribution in [1.29, 1.82) is 0 Å². The maximum atomic E-state index is 6.26. The second-order valence-electron chi connectivity index (χ2n) is 7.28. The number of benzene rings is 3. The summed E-state index contributed by atoms with van der Waals surface area (Å²) < 4.78 is 6.26. The van der Waals surface area contributed by atoms with Gasteiger partial charge in [0, 0.05) is 17.7 Å². The number of nitrogens with one attached hydrogen (secondary N) is 1. The molecule has 0 saturated heterocycles. The minimum atomic E-state index is 0.578. The van der Waals surface area contributed by atoms with Crippen LogP contribution in [0.1, 0.15) is 11.1 Å². The maximum absolute atomic E-state index is 6.26. The average Bonchev–Trinajstić information content (AvgIpc) is 3.19. The van der Waals surface area contributed by atoms with Gasteiger partial charge >= 0.3 is 0 Å². The highest BCUT2D eigenvalue weighted by Gasteiger charge is 2.21. The molecule has 0 aliphatic rings. The van der Waals surface area contributed by atoms with Crippen molar-refractivity contribution in [3.8, 4) is 22.5 Å². The molecular formula is C26H21N3O. The molecule has 0 spiro atoms. The van der Waals surface area contributed by atoms with Crippen LogP contribution >= 0.6 is 0 Å². The van der Waals surface area contributed by atoms with Crippen LogP contribution in [0, 0.1) is 6.92 Å². The van der Waals surface area contributed by atoms with E-state index in [2.05, 4.69) is 70.7 Å². The molecule has 0 radical (unpaired) electrons. The van der Waals surface area contributed by atoms with Gasteiger partial charge in [-0.1, -0.05) is 90.5 Å². The van der Waals surface area contributed by atoms with Gasteiger partial charge in [-0.2, -0.15) is 0 Å². The molecule has 0 aliphatic carbocycles. The molecule has 0 unspecified atom stereocenters. The zero-order chi connectivity index (χ0) is 20.3. The fourth-order valence-electron chi connectivity index (χ4n) is 3.75. The van der Waals surface area contributed by atoms with Crippen LogP contribution in [0.3, 0.4) is 0 Å². The first kappa shape index (κ1) is 18.1. The van der Waals surface area contributed by atoms with Gasteiger partial charge in [-0.15, -0.1) is 0 Å². The Kier molecular flexibility index (Phi) is 4.74. The fourth-order valence-corrected chi connectivity index (χ4v) is 3.75. The highest BCUT2D eigenvalue weighted by atomic mass is 16.3. The molecule has 2 aromatic heterocycles. The van der Waals surface area contributed by atoms with Gasteiger partial charge in [0.1, 0.15) is 17.9 Å². The van der Waals surface area contributed by atoms with Crippen LogP contribution in [0.2, 0.25) is 0 Å². The maximum Gasteiger partial charge on any atom is 0.232 e. The summed E-state index contributed by atoms with van der Waals surface area (Å²) in [6, 6.07) is 28.9. The van der Waals surface area contributed by atoms with Gasteiger partial charge < -0.3 is 9.73 Å². The molecule has 0 bridgehead atoms. The summed E-state index contributed by atoms with van der Waals surface area (Å²) in [6.07, 6.45) is 1.55. The zero-order valence-corrected chi connectivity index (χ0v) is 16.7. The van der Waals surface area contributed by atoms with Gasteiger partial charge in [-0.3, -0.25) is 0 Å². The summed E-state index contributed by atoms with van der Waals surface area (Å²) in [5, 5.41) is 4.39. The predicted molar refractivity (Wildman–Crippen MR) is 121 cm³/mol. The van der Waals surface area contributed by atoms with Crippen molar-refractivity contribution in [2.45, 2.75) is 13.5 Å². The Balaban J connectivity index is 1.66. The zero-order valence-electron chi connectivity index (χ0n) is 16.7. The number of rotatable bonds is 5. The Morgan fingerprint density at radius 1 is 0.800 bits per heavy atom. The van der Waals surface area contributed by atoms with E-state index in [1.54, 1.807) is 6.33 Å². The molecule has 146 valence electrons. The van der Waals surface area contributed by atoms with Gasteiger partial charge in [0.05, 0.1) is 5.39 Å². The quantitative estimate of drug-likeness (QED) is 0.373. The molecule has 0 atom stereocenters. The SMILES string of the molecule is Cc1cccc(CNc2ncnc3oc(-c4ccccc4)c(-c4ccccc4)c23)c1. The van der Waals surface area contributed by atoms with Crippen LogP contribution < -0.4 is 5.32 Å². The molecule has 3 aromatic carbocycles. The number of aromatic nitrogens is 2. The van der Waals surface area contributed by atoms with Crippen LogP contribution in [0.5, 0.6) is 0 Å². The Labute approximate surface area is 175 Å². The lowest BCUT2D eigenvalue weighted by Crippen LogP contribution is -2.02. The minimum absolute atomic E-state index is 0.578. The van der Waals surface area contributed by atoms with E-state index in [9.17, 15) is 0 Å². The van der Waals surface area contributed by atoms with E-state index >= 15 is 0 Å². The van der Waals surface area contributed by atoms with E-state index in [0.29, 0.717) is 12.3 Å². The molecule has 5 rings (SSSR count). The molecular weight excluding hydrogens is 370 g/mol. The van der Waals surface area contributed by atoms with E-state index in [-0.39, 0.29) is 0 Å². The monoisotopic (exact) mass is 391 g/mol. The Morgan fingerprint density at radius 2 is 1.53 bits per heavy atom. The van der Waals surface area contributed by atoms with E-state index in [1.165, 1.54) is 11.1 Å².